The Balaban J connectivity index is 0.000000318. The molecule has 1 aliphatic heterocycles. The van der Waals surface area contributed by atoms with Crippen LogP contribution < -0.4 is 5.73 Å². The van der Waals surface area contributed by atoms with Crippen molar-refractivity contribution in [2.45, 2.75) is 20.8 Å². The van der Waals surface area contributed by atoms with Crippen LogP contribution in [0, 0.1) is 5.92 Å². The molecule has 0 spiro atoms. The Morgan fingerprint density at radius 1 is 1.29 bits per heavy atom. The van der Waals surface area contributed by atoms with E-state index in [-0.39, 0.29) is 0 Å². The van der Waals surface area contributed by atoms with E-state index in [0.717, 1.165) is 32.1 Å². The summed E-state index contributed by atoms with van der Waals surface area (Å²) in [5.41, 5.74) is 5.38. The van der Waals surface area contributed by atoms with Gasteiger partial charge in [0.1, 0.15) is 5.84 Å². The van der Waals surface area contributed by atoms with Crippen LogP contribution in [0.4, 0.5) is 0 Å². The van der Waals surface area contributed by atoms with E-state index in [2.05, 4.69) is 21.9 Å². The lowest BCUT2D eigenvalue weighted by atomic mass is 10.2. The number of nitrogens with two attached hydrogens (primary N) is 1. The summed E-state index contributed by atoms with van der Waals surface area (Å²) in [7, 11) is 3.84. The van der Waals surface area contributed by atoms with Crippen molar-refractivity contribution in [2.75, 3.05) is 40.4 Å². The molecule has 0 saturated carbocycles. The second-order valence-corrected chi connectivity index (χ2v) is 4.41. The van der Waals surface area contributed by atoms with Crippen LogP contribution in [-0.4, -0.2) is 57.0 Å². The van der Waals surface area contributed by atoms with Gasteiger partial charge in [0, 0.05) is 26.1 Å². The predicted molar refractivity (Wildman–Crippen MR) is 73.8 cm³/mol. The van der Waals surface area contributed by atoms with Crippen molar-refractivity contribution >= 4 is 11.7 Å². The van der Waals surface area contributed by atoms with Crippen LogP contribution in [0.5, 0.6) is 0 Å². The van der Waals surface area contributed by atoms with E-state index in [0.29, 0.717) is 11.8 Å². The van der Waals surface area contributed by atoms with Gasteiger partial charge in [-0.1, -0.05) is 13.8 Å². The second kappa shape index (κ2) is 9.13. The first-order valence-corrected chi connectivity index (χ1v) is 6.01. The van der Waals surface area contributed by atoms with E-state index in [1.165, 1.54) is 0 Å². The van der Waals surface area contributed by atoms with Crippen molar-refractivity contribution in [1.82, 2.24) is 4.90 Å². The van der Waals surface area contributed by atoms with Crippen LogP contribution in [0.25, 0.3) is 0 Å². The fourth-order valence-electron chi connectivity index (χ4n) is 1.27. The van der Waals surface area contributed by atoms with Gasteiger partial charge in [-0.15, -0.1) is 0 Å². The molecule has 0 aromatic heterocycles. The minimum Gasteiger partial charge on any atom is -0.387 e. The van der Waals surface area contributed by atoms with Gasteiger partial charge in [0.25, 0.3) is 0 Å². The minimum absolute atomic E-state index is 0.350. The highest BCUT2D eigenvalue weighted by atomic mass is 16.5. The Morgan fingerprint density at radius 3 is 2.00 bits per heavy atom. The number of ether oxygens (including phenoxy) is 1. The van der Waals surface area contributed by atoms with Crippen molar-refractivity contribution in [2.24, 2.45) is 21.6 Å². The van der Waals surface area contributed by atoms with E-state index >= 15 is 0 Å². The summed E-state index contributed by atoms with van der Waals surface area (Å²) < 4.78 is 5.10. The summed E-state index contributed by atoms with van der Waals surface area (Å²) in [5.74, 6) is 1.72. The lowest BCUT2D eigenvalue weighted by Gasteiger charge is -2.21. The molecule has 5 nitrogen and oxygen atoms in total. The first-order valence-electron chi connectivity index (χ1n) is 6.01. The number of rotatable bonds is 1. The molecule has 1 saturated heterocycles. The van der Waals surface area contributed by atoms with Crippen LogP contribution in [0.2, 0.25) is 0 Å². The molecule has 0 aromatic rings. The van der Waals surface area contributed by atoms with Crippen LogP contribution in [-0.2, 0) is 4.74 Å². The lowest BCUT2D eigenvalue weighted by molar-refractivity contribution is 0.0503. The van der Waals surface area contributed by atoms with Gasteiger partial charge in [-0.05, 0) is 14.0 Å². The molecule has 1 rings (SSSR count). The highest BCUT2D eigenvalue weighted by Gasteiger charge is 2.02. The van der Waals surface area contributed by atoms with Gasteiger partial charge in [-0.2, -0.15) is 0 Å². The SMILES string of the molecule is CN1CCOCC1.CN=C(N=C(C)N)C(C)C. The van der Waals surface area contributed by atoms with E-state index in [1.54, 1.807) is 14.0 Å². The number of hydrogen-bond acceptors (Lipinski definition) is 3. The maximum atomic E-state index is 5.38. The molecule has 0 aliphatic carbocycles. The van der Waals surface area contributed by atoms with E-state index in [1.807, 2.05) is 13.8 Å². The van der Waals surface area contributed by atoms with Crippen LogP contribution in [0.15, 0.2) is 9.98 Å². The normalized spacial score (nSPS) is 18.9. The molecule has 0 amide bonds. The number of hydrogen-bond donors (Lipinski definition) is 1. The fourth-order valence-corrected chi connectivity index (χ4v) is 1.27. The molecule has 1 fully saturated rings. The molecule has 0 atom stereocenters. The predicted octanol–water partition coefficient (Wildman–Crippen LogP) is 0.996. The molecule has 2 N–H and O–H groups in total. The summed E-state index contributed by atoms with van der Waals surface area (Å²) >= 11 is 0. The average Bonchev–Trinajstić information content (AvgIpc) is 2.27. The largest absolute Gasteiger partial charge is 0.387 e. The molecule has 17 heavy (non-hydrogen) atoms. The van der Waals surface area contributed by atoms with Gasteiger partial charge >= 0.3 is 0 Å². The molecule has 0 aromatic carbocycles. The number of amidine groups is 2. The summed E-state index contributed by atoms with van der Waals surface area (Å²) in [6.45, 7) is 9.85. The van der Waals surface area contributed by atoms with Gasteiger partial charge in [-0.3, -0.25) is 4.99 Å². The quantitative estimate of drug-likeness (QED) is 0.551. The standard InChI is InChI=1S/C7H15N3.C5H11NO/c1-5(2)7(9-4)10-6(3)8;1-6-2-4-7-5-3-6/h5H,1-4H3,(H2,8,9,10);2-5H2,1H3. The molecule has 0 bridgehead atoms. The van der Waals surface area contributed by atoms with Gasteiger partial charge < -0.3 is 15.4 Å². The lowest BCUT2D eigenvalue weighted by Crippen LogP contribution is -2.32. The summed E-state index contributed by atoms with van der Waals surface area (Å²) in [6, 6.07) is 0. The number of aliphatic imine (C=N–C) groups is 2. The summed E-state index contributed by atoms with van der Waals surface area (Å²) in [4.78, 5) is 10.3. The zero-order valence-corrected chi connectivity index (χ0v) is 11.7. The van der Waals surface area contributed by atoms with Gasteiger partial charge in [-0.25, -0.2) is 4.99 Å². The van der Waals surface area contributed by atoms with Crippen LogP contribution in [0.1, 0.15) is 20.8 Å². The Bertz CT molecular complexity index is 251. The molecule has 1 aliphatic rings. The highest BCUT2D eigenvalue weighted by Crippen LogP contribution is 1.97. The second-order valence-electron chi connectivity index (χ2n) is 4.41. The number of nitrogens with zero attached hydrogens (tertiary/aromatic N) is 3. The Morgan fingerprint density at radius 2 is 1.82 bits per heavy atom. The first kappa shape index (κ1) is 16.1. The zero-order chi connectivity index (χ0) is 13.3. The molecular weight excluding hydrogens is 216 g/mol. The molecule has 0 radical (unpaired) electrons. The van der Waals surface area contributed by atoms with Crippen molar-refractivity contribution in [3.05, 3.63) is 0 Å². The van der Waals surface area contributed by atoms with Crippen LogP contribution >= 0.6 is 0 Å². The van der Waals surface area contributed by atoms with Crippen molar-refractivity contribution < 1.29 is 4.74 Å². The maximum Gasteiger partial charge on any atom is 0.127 e. The van der Waals surface area contributed by atoms with E-state index in [4.69, 9.17) is 10.5 Å². The average molecular weight is 242 g/mol. The summed E-state index contributed by atoms with van der Waals surface area (Å²) in [6.07, 6.45) is 0. The summed E-state index contributed by atoms with van der Waals surface area (Å²) in [5, 5.41) is 0. The Labute approximate surface area is 105 Å². The smallest absolute Gasteiger partial charge is 0.127 e. The van der Waals surface area contributed by atoms with Crippen LogP contribution in [0.3, 0.4) is 0 Å². The Hall–Kier alpha value is -0.940. The van der Waals surface area contributed by atoms with E-state index in [9.17, 15) is 0 Å². The topological polar surface area (TPSA) is 63.2 Å². The van der Waals surface area contributed by atoms with Crippen molar-refractivity contribution in [3.63, 3.8) is 0 Å². The minimum atomic E-state index is 0.350. The highest BCUT2D eigenvalue weighted by molar-refractivity contribution is 5.96. The van der Waals surface area contributed by atoms with Crippen molar-refractivity contribution in [3.8, 4) is 0 Å². The number of morpholine rings is 1. The fraction of sp³-hybridized carbons (Fsp3) is 0.833. The zero-order valence-electron chi connectivity index (χ0n) is 11.7. The maximum absolute atomic E-state index is 5.38. The van der Waals surface area contributed by atoms with Gasteiger partial charge in [0.2, 0.25) is 0 Å². The molecule has 0 unspecified atom stereocenters. The Kier molecular flexibility index (Phi) is 8.62. The third kappa shape index (κ3) is 8.83. The molecular formula is C12H26N4O. The molecule has 1 heterocycles. The monoisotopic (exact) mass is 242 g/mol. The van der Waals surface area contributed by atoms with Gasteiger partial charge in [0.15, 0.2) is 0 Å². The van der Waals surface area contributed by atoms with Crippen molar-refractivity contribution in [1.29, 1.82) is 0 Å². The van der Waals surface area contributed by atoms with Gasteiger partial charge in [0.05, 0.1) is 19.0 Å². The number of likely N-dealkylation sites (N-methyl/N-ethyl adjacent to an activating group) is 1. The van der Waals surface area contributed by atoms with E-state index < -0.39 is 0 Å². The third-order valence-corrected chi connectivity index (χ3v) is 2.27. The first-order chi connectivity index (χ1) is 7.97. The molecule has 100 valence electrons. The third-order valence-electron chi connectivity index (χ3n) is 2.27. The molecule has 5 heteroatoms.